The quantitative estimate of drug-likeness (QED) is 0.819. The Labute approximate surface area is 117 Å². The van der Waals surface area contributed by atoms with Crippen LogP contribution >= 0.6 is 0 Å². The summed E-state index contributed by atoms with van der Waals surface area (Å²) < 4.78 is 1.92. The third-order valence-electron chi connectivity index (χ3n) is 3.29. The SMILES string of the molecule is CCN(CC)CC(C)NCc1cn(C(C)(C)C)nn1. The Bertz CT molecular complexity index is 362. The molecular weight excluding hydrogens is 238 g/mol. The molecule has 1 atom stereocenters. The minimum Gasteiger partial charge on any atom is -0.307 e. The van der Waals surface area contributed by atoms with Crippen LogP contribution in [0.15, 0.2) is 6.20 Å². The molecule has 1 rings (SSSR count). The number of nitrogens with zero attached hydrogens (tertiary/aromatic N) is 4. The van der Waals surface area contributed by atoms with E-state index < -0.39 is 0 Å². The summed E-state index contributed by atoms with van der Waals surface area (Å²) in [5.41, 5.74) is 0.999. The van der Waals surface area contributed by atoms with Gasteiger partial charge in [-0.15, -0.1) is 5.10 Å². The maximum absolute atomic E-state index is 4.21. The van der Waals surface area contributed by atoms with E-state index in [0.717, 1.165) is 31.9 Å². The van der Waals surface area contributed by atoms with E-state index >= 15 is 0 Å². The van der Waals surface area contributed by atoms with Crippen LogP contribution in [0.5, 0.6) is 0 Å². The van der Waals surface area contributed by atoms with Gasteiger partial charge in [0.25, 0.3) is 0 Å². The van der Waals surface area contributed by atoms with Gasteiger partial charge in [0.15, 0.2) is 0 Å². The Morgan fingerprint density at radius 3 is 2.42 bits per heavy atom. The van der Waals surface area contributed by atoms with Gasteiger partial charge < -0.3 is 10.2 Å². The molecule has 0 saturated heterocycles. The van der Waals surface area contributed by atoms with Crippen LogP contribution in [0.4, 0.5) is 0 Å². The Hall–Kier alpha value is -0.940. The van der Waals surface area contributed by atoms with Gasteiger partial charge in [-0.3, -0.25) is 0 Å². The summed E-state index contributed by atoms with van der Waals surface area (Å²) in [4.78, 5) is 2.42. The minimum absolute atomic E-state index is 0.00190. The molecule has 5 nitrogen and oxygen atoms in total. The highest BCUT2D eigenvalue weighted by molar-refractivity contribution is 4.94. The fourth-order valence-corrected chi connectivity index (χ4v) is 1.92. The molecule has 0 aromatic carbocycles. The standard InChI is InChI=1S/C14H29N5/c1-7-18(8-2)10-12(3)15-9-13-11-19(17-16-13)14(4,5)6/h11-12,15H,7-10H2,1-6H3. The Balaban J connectivity index is 2.42. The van der Waals surface area contributed by atoms with Crippen LogP contribution in [-0.2, 0) is 12.1 Å². The van der Waals surface area contributed by atoms with Crippen LogP contribution in [0.3, 0.4) is 0 Å². The molecule has 0 saturated carbocycles. The van der Waals surface area contributed by atoms with Crippen molar-refractivity contribution in [3.63, 3.8) is 0 Å². The molecule has 5 heteroatoms. The van der Waals surface area contributed by atoms with Gasteiger partial charge in [-0.05, 0) is 40.8 Å². The lowest BCUT2D eigenvalue weighted by Crippen LogP contribution is -2.38. The molecule has 1 aromatic heterocycles. The number of hydrogen-bond donors (Lipinski definition) is 1. The van der Waals surface area contributed by atoms with E-state index in [1.165, 1.54) is 0 Å². The van der Waals surface area contributed by atoms with Crippen molar-refractivity contribution in [2.24, 2.45) is 0 Å². The van der Waals surface area contributed by atoms with Gasteiger partial charge in [0.05, 0.1) is 17.4 Å². The number of rotatable bonds is 7. The predicted octanol–water partition coefficient (Wildman–Crippen LogP) is 1.85. The summed E-state index contributed by atoms with van der Waals surface area (Å²) in [6.07, 6.45) is 2.02. The van der Waals surface area contributed by atoms with E-state index in [4.69, 9.17) is 0 Å². The molecule has 0 aliphatic heterocycles. The largest absolute Gasteiger partial charge is 0.307 e. The maximum atomic E-state index is 4.21. The molecule has 0 radical (unpaired) electrons. The zero-order valence-electron chi connectivity index (χ0n) is 13.3. The lowest BCUT2D eigenvalue weighted by molar-refractivity contribution is 0.270. The smallest absolute Gasteiger partial charge is 0.0965 e. The van der Waals surface area contributed by atoms with Crippen molar-refractivity contribution in [1.29, 1.82) is 0 Å². The van der Waals surface area contributed by atoms with Crippen LogP contribution in [0.1, 0.15) is 47.2 Å². The molecule has 0 aliphatic carbocycles. The van der Waals surface area contributed by atoms with Gasteiger partial charge in [-0.2, -0.15) is 0 Å². The Morgan fingerprint density at radius 2 is 1.95 bits per heavy atom. The number of likely N-dealkylation sites (N-methyl/N-ethyl adjacent to an activating group) is 1. The molecule has 1 unspecified atom stereocenters. The van der Waals surface area contributed by atoms with Crippen LogP contribution in [0.25, 0.3) is 0 Å². The molecule has 1 aromatic rings. The normalized spacial score (nSPS) is 14.1. The molecule has 110 valence electrons. The summed E-state index contributed by atoms with van der Waals surface area (Å²) in [6, 6.07) is 0.458. The summed E-state index contributed by atoms with van der Waals surface area (Å²) in [6.45, 7) is 17.0. The maximum Gasteiger partial charge on any atom is 0.0965 e. The average molecular weight is 267 g/mol. The second-order valence-corrected chi connectivity index (χ2v) is 6.09. The molecule has 0 bridgehead atoms. The fourth-order valence-electron chi connectivity index (χ4n) is 1.92. The lowest BCUT2D eigenvalue weighted by atomic mass is 10.1. The van der Waals surface area contributed by atoms with Crippen molar-refractivity contribution >= 4 is 0 Å². The fraction of sp³-hybridized carbons (Fsp3) is 0.857. The molecule has 0 amide bonds. The predicted molar refractivity (Wildman–Crippen MR) is 79.1 cm³/mol. The average Bonchev–Trinajstić information content (AvgIpc) is 2.82. The number of hydrogen-bond acceptors (Lipinski definition) is 4. The van der Waals surface area contributed by atoms with Gasteiger partial charge in [-0.25, -0.2) is 4.68 Å². The van der Waals surface area contributed by atoms with Crippen molar-refractivity contribution < 1.29 is 0 Å². The van der Waals surface area contributed by atoms with E-state index in [1.807, 2.05) is 10.9 Å². The highest BCUT2D eigenvalue weighted by Gasteiger charge is 2.15. The highest BCUT2D eigenvalue weighted by atomic mass is 15.4. The molecule has 1 N–H and O–H groups in total. The van der Waals surface area contributed by atoms with Crippen molar-refractivity contribution in [1.82, 2.24) is 25.2 Å². The zero-order valence-corrected chi connectivity index (χ0v) is 13.3. The van der Waals surface area contributed by atoms with E-state index in [1.54, 1.807) is 0 Å². The Kier molecular flexibility index (Phi) is 5.94. The van der Waals surface area contributed by atoms with Crippen molar-refractivity contribution in [2.45, 2.75) is 59.7 Å². The van der Waals surface area contributed by atoms with Gasteiger partial charge in [0, 0.05) is 19.1 Å². The van der Waals surface area contributed by atoms with Crippen LogP contribution in [0.2, 0.25) is 0 Å². The first-order chi connectivity index (χ1) is 8.86. The van der Waals surface area contributed by atoms with E-state index in [9.17, 15) is 0 Å². The van der Waals surface area contributed by atoms with E-state index in [2.05, 4.69) is 62.1 Å². The van der Waals surface area contributed by atoms with E-state index in [-0.39, 0.29) is 5.54 Å². The second-order valence-electron chi connectivity index (χ2n) is 6.09. The minimum atomic E-state index is -0.00190. The zero-order chi connectivity index (χ0) is 14.5. The van der Waals surface area contributed by atoms with Crippen LogP contribution < -0.4 is 5.32 Å². The molecule has 0 spiro atoms. The Morgan fingerprint density at radius 1 is 1.32 bits per heavy atom. The topological polar surface area (TPSA) is 46.0 Å². The highest BCUT2D eigenvalue weighted by Crippen LogP contribution is 2.11. The number of nitrogens with one attached hydrogen (secondary N) is 1. The third kappa shape index (κ3) is 5.28. The summed E-state index contributed by atoms with van der Waals surface area (Å²) in [7, 11) is 0. The monoisotopic (exact) mass is 267 g/mol. The van der Waals surface area contributed by atoms with Crippen molar-refractivity contribution in [2.75, 3.05) is 19.6 Å². The van der Waals surface area contributed by atoms with Gasteiger partial charge >= 0.3 is 0 Å². The van der Waals surface area contributed by atoms with Crippen LogP contribution in [-0.4, -0.2) is 45.6 Å². The third-order valence-corrected chi connectivity index (χ3v) is 3.29. The van der Waals surface area contributed by atoms with Crippen molar-refractivity contribution in [3.05, 3.63) is 11.9 Å². The lowest BCUT2D eigenvalue weighted by Gasteiger charge is -2.23. The summed E-state index contributed by atoms with van der Waals surface area (Å²) in [5.74, 6) is 0. The number of aromatic nitrogens is 3. The van der Waals surface area contributed by atoms with Gasteiger partial charge in [0.1, 0.15) is 0 Å². The van der Waals surface area contributed by atoms with Gasteiger partial charge in [0.2, 0.25) is 0 Å². The summed E-state index contributed by atoms with van der Waals surface area (Å²) in [5, 5.41) is 11.9. The van der Waals surface area contributed by atoms with Gasteiger partial charge in [-0.1, -0.05) is 19.1 Å². The first-order valence-corrected chi connectivity index (χ1v) is 7.24. The summed E-state index contributed by atoms with van der Waals surface area (Å²) >= 11 is 0. The molecule has 0 aliphatic rings. The second kappa shape index (κ2) is 7.01. The van der Waals surface area contributed by atoms with Crippen LogP contribution in [0, 0.1) is 0 Å². The van der Waals surface area contributed by atoms with Crippen molar-refractivity contribution in [3.8, 4) is 0 Å². The first kappa shape index (κ1) is 16.1. The molecule has 1 heterocycles. The molecular formula is C14H29N5. The molecule has 0 fully saturated rings. The van der Waals surface area contributed by atoms with E-state index in [0.29, 0.717) is 6.04 Å². The first-order valence-electron chi connectivity index (χ1n) is 7.24. The molecule has 19 heavy (non-hydrogen) atoms.